The van der Waals surface area contributed by atoms with Crippen LogP contribution in [-0.4, -0.2) is 92.0 Å². The largest absolute Gasteiger partial charge is 0.479 e. The van der Waals surface area contributed by atoms with Gasteiger partial charge in [-0.15, -0.1) is 0 Å². The lowest BCUT2D eigenvalue weighted by molar-refractivity contribution is -0.262. The van der Waals surface area contributed by atoms with Crippen LogP contribution in [0.25, 0.3) is 0 Å². The fourth-order valence-corrected chi connectivity index (χ4v) is 1.57. The van der Waals surface area contributed by atoms with Gasteiger partial charge in [-0.25, -0.2) is 9.59 Å². The molecule has 1 heterocycles. The highest BCUT2D eigenvalue weighted by Gasteiger charge is 2.44. The van der Waals surface area contributed by atoms with E-state index in [1.807, 2.05) is 0 Å². The maximum absolute atomic E-state index is 10.6. The summed E-state index contributed by atoms with van der Waals surface area (Å²) >= 11 is 0. The smallest absolute Gasteiger partial charge is 0.332 e. The zero-order chi connectivity index (χ0) is 18.3. The summed E-state index contributed by atoms with van der Waals surface area (Å²) in [6, 6.07) is -1.09. The molecule has 23 heavy (non-hydrogen) atoms. The molecule has 11 nitrogen and oxygen atoms in total. The van der Waals surface area contributed by atoms with E-state index in [9.17, 15) is 19.8 Å². The van der Waals surface area contributed by atoms with E-state index in [-0.39, 0.29) is 0 Å². The maximum atomic E-state index is 10.6. The van der Waals surface area contributed by atoms with Gasteiger partial charge in [-0.3, -0.25) is 0 Å². The number of aliphatic hydroxyl groups is 4. The minimum Gasteiger partial charge on any atom is -0.479 e. The van der Waals surface area contributed by atoms with Crippen molar-refractivity contribution < 1.29 is 49.7 Å². The van der Waals surface area contributed by atoms with Crippen LogP contribution in [0.1, 0.15) is 13.8 Å². The Balaban J connectivity index is 0.000000688. The monoisotopic (exact) mass is 341 g/mol. The minimum atomic E-state index is -1.43. The van der Waals surface area contributed by atoms with Crippen molar-refractivity contribution in [3.05, 3.63) is 0 Å². The van der Waals surface area contributed by atoms with Crippen LogP contribution in [0.3, 0.4) is 0 Å². The van der Waals surface area contributed by atoms with Gasteiger partial charge in [-0.2, -0.15) is 0 Å². The van der Waals surface area contributed by atoms with Crippen LogP contribution in [0.2, 0.25) is 0 Å². The number of hydrogen-bond acceptors (Lipinski definition) is 9. The number of carboxylic acid groups (broad SMARTS) is 2. The SMILES string of the molecule is CC(O)C(=O)O.C[C@@H](O[C@@H]1[C@@H](N)[C@@H](O)O[C@H](CO)[C@H]1O)C(=O)O. The molecule has 0 bridgehead atoms. The van der Waals surface area contributed by atoms with Crippen LogP contribution >= 0.6 is 0 Å². The first-order chi connectivity index (χ1) is 10.5. The van der Waals surface area contributed by atoms with Crippen molar-refractivity contribution in [1.82, 2.24) is 0 Å². The predicted molar refractivity (Wildman–Crippen MR) is 73.2 cm³/mol. The molecule has 7 atom stereocenters. The van der Waals surface area contributed by atoms with Crippen LogP contribution in [-0.2, 0) is 19.1 Å². The van der Waals surface area contributed by atoms with Crippen LogP contribution in [0.15, 0.2) is 0 Å². The zero-order valence-corrected chi connectivity index (χ0v) is 12.6. The van der Waals surface area contributed by atoms with Gasteiger partial charge in [-0.05, 0) is 13.8 Å². The van der Waals surface area contributed by atoms with E-state index in [4.69, 9.17) is 35.6 Å². The first-order valence-electron chi connectivity index (χ1n) is 6.70. The Morgan fingerprint density at radius 1 is 1.22 bits per heavy atom. The third-order valence-corrected chi connectivity index (χ3v) is 2.99. The molecule has 0 aliphatic carbocycles. The van der Waals surface area contributed by atoms with E-state index in [2.05, 4.69) is 0 Å². The molecule has 1 aliphatic heterocycles. The molecule has 1 saturated heterocycles. The number of aliphatic carboxylic acids is 2. The molecule has 8 N–H and O–H groups in total. The second-order valence-electron chi connectivity index (χ2n) is 4.91. The summed E-state index contributed by atoms with van der Waals surface area (Å²) in [7, 11) is 0. The highest BCUT2D eigenvalue weighted by Crippen LogP contribution is 2.22. The molecule has 0 amide bonds. The molecule has 0 saturated carbocycles. The molecule has 11 heteroatoms. The molecular weight excluding hydrogens is 318 g/mol. The van der Waals surface area contributed by atoms with Gasteiger partial charge in [0.05, 0.1) is 12.6 Å². The molecule has 1 rings (SSSR count). The van der Waals surface area contributed by atoms with Gasteiger partial charge in [0, 0.05) is 0 Å². The number of ether oxygens (including phenoxy) is 2. The molecule has 0 spiro atoms. The molecular formula is C12H23NO10. The van der Waals surface area contributed by atoms with E-state index in [1.165, 1.54) is 13.8 Å². The summed E-state index contributed by atoms with van der Waals surface area (Å²) in [4.78, 5) is 20.1. The summed E-state index contributed by atoms with van der Waals surface area (Å²) in [5, 5.41) is 52.5. The van der Waals surface area contributed by atoms with E-state index in [1.54, 1.807) is 0 Å². The van der Waals surface area contributed by atoms with E-state index >= 15 is 0 Å². The van der Waals surface area contributed by atoms with Crippen molar-refractivity contribution in [2.45, 2.75) is 56.7 Å². The quantitative estimate of drug-likeness (QED) is 0.264. The molecule has 0 aromatic heterocycles. The second kappa shape index (κ2) is 9.72. The number of carbonyl (C=O) groups is 2. The van der Waals surface area contributed by atoms with Crippen molar-refractivity contribution in [1.29, 1.82) is 0 Å². The molecule has 1 unspecified atom stereocenters. The lowest BCUT2D eigenvalue weighted by Crippen LogP contribution is -2.63. The molecule has 136 valence electrons. The molecule has 0 aromatic rings. The molecule has 1 aliphatic rings. The fraction of sp³-hybridized carbons (Fsp3) is 0.833. The summed E-state index contributed by atoms with van der Waals surface area (Å²) in [5.74, 6) is -2.40. The lowest BCUT2D eigenvalue weighted by Gasteiger charge is -2.41. The number of rotatable bonds is 5. The highest BCUT2D eigenvalue weighted by atomic mass is 16.6. The van der Waals surface area contributed by atoms with Gasteiger partial charge in [0.1, 0.15) is 24.4 Å². The summed E-state index contributed by atoms with van der Waals surface area (Å²) in [5.41, 5.74) is 5.54. The van der Waals surface area contributed by atoms with Crippen molar-refractivity contribution in [3.63, 3.8) is 0 Å². The standard InChI is InChI=1S/C9H17NO7.C3H6O3/c1-3(8(13)14)16-7-5(10)9(15)17-4(2-11)6(7)12;1-2(4)3(5)6/h3-7,9,11-12,15H,2,10H2,1H3,(H,13,14);2,4H,1H3,(H,5,6)/t3-,4-,5-,6-,7-,9+;/m1./s1. The first-order valence-corrected chi connectivity index (χ1v) is 6.70. The third kappa shape index (κ3) is 6.74. The minimum absolute atomic E-state index is 0.535. The fourth-order valence-electron chi connectivity index (χ4n) is 1.57. The Morgan fingerprint density at radius 2 is 1.70 bits per heavy atom. The number of carboxylic acids is 2. The summed E-state index contributed by atoms with van der Waals surface area (Å²) in [6.07, 6.45) is -7.34. The number of aliphatic hydroxyl groups excluding tert-OH is 4. The van der Waals surface area contributed by atoms with E-state index in [0.29, 0.717) is 0 Å². The van der Waals surface area contributed by atoms with Crippen LogP contribution < -0.4 is 5.73 Å². The Morgan fingerprint density at radius 3 is 2.04 bits per heavy atom. The molecule has 0 aromatic carbocycles. The summed E-state index contributed by atoms with van der Waals surface area (Å²) in [6.45, 7) is 1.94. The maximum Gasteiger partial charge on any atom is 0.332 e. The van der Waals surface area contributed by atoms with Gasteiger partial charge in [0.25, 0.3) is 0 Å². The normalized spacial score (nSPS) is 33.1. The molecule has 1 fully saturated rings. The van der Waals surface area contributed by atoms with E-state index < -0.39 is 61.4 Å². The number of hydrogen-bond donors (Lipinski definition) is 7. The highest BCUT2D eigenvalue weighted by molar-refractivity contribution is 5.71. The Bertz CT molecular complexity index is 390. The van der Waals surface area contributed by atoms with Crippen LogP contribution in [0, 0.1) is 0 Å². The molecule has 0 radical (unpaired) electrons. The zero-order valence-electron chi connectivity index (χ0n) is 12.6. The van der Waals surface area contributed by atoms with Gasteiger partial charge < -0.3 is 45.8 Å². The Labute approximate surface area is 131 Å². The Hall–Kier alpha value is -1.34. The topological polar surface area (TPSA) is 200 Å². The van der Waals surface area contributed by atoms with Crippen molar-refractivity contribution in [3.8, 4) is 0 Å². The predicted octanol–water partition coefficient (Wildman–Crippen LogP) is -3.31. The van der Waals surface area contributed by atoms with E-state index in [0.717, 1.165) is 0 Å². The van der Waals surface area contributed by atoms with Gasteiger partial charge in [0.2, 0.25) is 0 Å². The van der Waals surface area contributed by atoms with Gasteiger partial charge in [-0.1, -0.05) is 0 Å². The number of nitrogens with two attached hydrogens (primary N) is 1. The van der Waals surface area contributed by atoms with Crippen molar-refractivity contribution in [2.75, 3.05) is 6.61 Å². The first kappa shape index (κ1) is 21.7. The van der Waals surface area contributed by atoms with Crippen molar-refractivity contribution >= 4 is 11.9 Å². The van der Waals surface area contributed by atoms with Crippen molar-refractivity contribution in [2.24, 2.45) is 5.73 Å². The van der Waals surface area contributed by atoms with Crippen LogP contribution in [0.5, 0.6) is 0 Å². The third-order valence-electron chi connectivity index (χ3n) is 2.99. The Kier molecular flexibility index (Phi) is 9.16. The average molecular weight is 341 g/mol. The van der Waals surface area contributed by atoms with Crippen LogP contribution in [0.4, 0.5) is 0 Å². The summed E-state index contributed by atoms with van der Waals surface area (Å²) < 4.78 is 9.89. The average Bonchev–Trinajstić information content (AvgIpc) is 2.47. The second-order valence-corrected chi connectivity index (χ2v) is 4.91. The van der Waals surface area contributed by atoms with Gasteiger partial charge >= 0.3 is 11.9 Å². The lowest BCUT2D eigenvalue weighted by atomic mass is 9.97. The van der Waals surface area contributed by atoms with Gasteiger partial charge in [0.15, 0.2) is 12.4 Å².